The number of unbranched alkanes of at least 4 members (excludes halogenated alkanes) is 5. The molecule has 0 aliphatic carbocycles. The highest BCUT2D eigenvalue weighted by molar-refractivity contribution is 5.28. The van der Waals surface area contributed by atoms with Crippen LogP contribution in [0.25, 0.3) is 0 Å². The van der Waals surface area contributed by atoms with Gasteiger partial charge in [0.2, 0.25) is 0 Å². The first-order valence-corrected chi connectivity index (χ1v) is 8.36. The molecule has 0 radical (unpaired) electrons. The van der Waals surface area contributed by atoms with Crippen molar-refractivity contribution in [3.8, 4) is 5.75 Å². The van der Waals surface area contributed by atoms with E-state index in [0.717, 1.165) is 30.9 Å². The first-order chi connectivity index (χ1) is 10.4. The van der Waals surface area contributed by atoms with E-state index in [4.69, 9.17) is 15.2 Å². The Hall–Kier alpha value is -1.06. The Kier molecular flexibility index (Phi) is 10.8. The standard InChI is InChI=1S/C18H31NO2/c1-2-3-4-5-6-7-12-20-13-9-14-21-18-11-8-10-17(15-18)16-19/h8,10-11,15H,2-7,9,12-14,16,19H2,1H3. The summed E-state index contributed by atoms with van der Waals surface area (Å²) in [5.41, 5.74) is 6.71. The Labute approximate surface area is 129 Å². The molecule has 3 heteroatoms. The minimum Gasteiger partial charge on any atom is -0.493 e. The van der Waals surface area contributed by atoms with Gasteiger partial charge in [-0.1, -0.05) is 51.2 Å². The fourth-order valence-electron chi connectivity index (χ4n) is 2.20. The number of benzene rings is 1. The van der Waals surface area contributed by atoms with Gasteiger partial charge in [-0.05, 0) is 24.1 Å². The fraction of sp³-hybridized carbons (Fsp3) is 0.667. The van der Waals surface area contributed by atoms with Gasteiger partial charge >= 0.3 is 0 Å². The van der Waals surface area contributed by atoms with Crippen molar-refractivity contribution >= 4 is 0 Å². The molecule has 0 atom stereocenters. The van der Waals surface area contributed by atoms with E-state index < -0.39 is 0 Å². The van der Waals surface area contributed by atoms with Crippen molar-refractivity contribution in [1.82, 2.24) is 0 Å². The molecule has 1 aromatic rings. The number of hydrogen-bond acceptors (Lipinski definition) is 3. The smallest absolute Gasteiger partial charge is 0.119 e. The molecule has 0 saturated heterocycles. The lowest BCUT2D eigenvalue weighted by atomic mass is 10.1. The summed E-state index contributed by atoms with van der Waals surface area (Å²) < 4.78 is 11.3. The lowest BCUT2D eigenvalue weighted by Gasteiger charge is -2.08. The summed E-state index contributed by atoms with van der Waals surface area (Å²) in [6.07, 6.45) is 8.80. The van der Waals surface area contributed by atoms with Crippen molar-refractivity contribution < 1.29 is 9.47 Å². The van der Waals surface area contributed by atoms with Gasteiger partial charge in [-0.25, -0.2) is 0 Å². The van der Waals surface area contributed by atoms with Gasteiger partial charge < -0.3 is 15.2 Å². The number of hydrogen-bond donors (Lipinski definition) is 1. The summed E-state index contributed by atoms with van der Waals surface area (Å²) in [6.45, 7) is 5.17. The van der Waals surface area contributed by atoms with Gasteiger partial charge in [-0.2, -0.15) is 0 Å². The molecule has 21 heavy (non-hydrogen) atoms. The van der Waals surface area contributed by atoms with Crippen LogP contribution in [-0.4, -0.2) is 19.8 Å². The second-order valence-electron chi connectivity index (χ2n) is 5.43. The molecule has 1 rings (SSSR count). The molecule has 0 aliphatic rings. The zero-order valence-corrected chi connectivity index (χ0v) is 13.5. The van der Waals surface area contributed by atoms with E-state index in [1.54, 1.807) is 0 Å². The van der Waals surface area contributed by atoms with Crippen molar-refractivity contribution in [2.75, 3.05) is 19.8 Å². The van der Waals surface area contributed by atoms with Crippen molar-refractivity contribution in [3.63, 3.8) is 0 Å². The van der Waals surface area contributed by atoms with Crippen molar-refractivity contribution in [1.29, 1.82) is 0 Å². The molecule has 1 aromatic carbocycles. The van der Waals surface area contributed by atoms with Crippen LogP contribution in [0.4, 0.5) is 0 Å². The second kappa shape index (κ2) is 12.7. The largest absolute Gasteiger partial charge is 0.493 e. The maximum Gasteiger partial charge on any atom is 0.119 e. The topological polar surface area (TPSA) is 44.5 Å². The summed E-state index contributed by atoms with van der Waals surface area (Å²) in [5.74, 6) is 0.897. The summed E-state index contributed by atoms with van der Waals surface area (Å²) in [6, 6.07) is 7.95. The SMILES string of the molecule is CCCCCCCCOCCCOc1cccc(CN)c1. The van der Waals surface area contributed by atoms with Crippen molar-refractivity contribution in [3.05, 3.63) is 29.8 Å². The zero-order valence-electron chi connectivity index (χ0n) is 13.5. The molecular weight excluding hydrogens is 262 g/mol. The first-order valence-electron chi connectivity index (χ1n) is 8.36. The molecule has 3 nitrogen and oxygen atoms in total. The van der Waals surface area contributed by atoms with E-state index in [0.29, 0.717) is 13.2 Å². The fourth-order valence-corrected chi connectivity index (χ4v) is 2.20. The molecule has 120 valence electrons. The Morgan fingerprint density at radius 3 is 2.48 bits per heavy atom. The third-order valence-electron chi connectivity index (χ3n) is 3.48. The van der Waals surface area contributed by atoms with Crippen molar-refractivity contribution in [2.45, 2.75) is 58.4 Å². The summed E-state index contributed by atoms with van der Waals surface area (Å²) in [7, 11) is 0. The summed E-state index contributed by atoms with van der Waals surface area (Å²) in [5, 5.41) is 0. The van der Waals surface area contributed by atoms with Gasteiger partial charge in [0.05, 0.1) is 6.61 Å². The quantitative estimate of drug-likeness (QED) is 0.552. The van der Waals surface area contributed by atoms with E-state index >= 15 is 0 Å². The van der Waals surface area contributed by atoms with E-state index in [1.807, 2.05) is 24.3 Å². The summed E-state index contributed by atoms with van der Waals surface area (Å²) in [4.78, 5) is 0. The molecule has 0 spiro atoms. The lowest BCUT2D eigenvalue weighted by Crippen LogP contribution is -2.04. The minimum absolute atomic E-state index is 0.554. The highest BCUT2D eigenvalue weighted by atomic mass is 16.5. The summed E-state index contributed by atoms with van der Waals surface area (Å²) >= 11 is 0. The number of nitrogens with two attached hydrogens (primary N) is 1. The van der Waals surface area contributed by atoms with E-state index in [-0.39, 0.29) is 0 Å². The monoisotopic (exact) mass is 293 g/mol. The van der Waals surface area contributed by atoms with Crippen LogP contribution in [0.3, 0.4) is 0 Å². The van der Waals surface area contributed by atoms with Gasteiger partial charge in [-0.3, -0.25) is 0 Å². The molecule has 0 saturated carbocycles. The van der Waals surface area contributed by atoms with Crippen LogP contribution >= 0.6 is 0 Å². The molecule has 0 heterocycles. The highest BCUT2D eigenvalue weighted by Crippen LogP contribution is 2.13. The maximum atomic E-state index is 5.68. The third-order valence-corrected chi connectivity index (χ3v) is 3.48. The Balaban J connectivity index is 1.90. The molecule has 0 fully saturated rings. The van der Waals surface area contributed by atoms with Gasteiger partial charge in [-0.15, -0.1) is 0 Å². The Morgan fingerprint density at radius 1 is 0.905 bits per heavy atom. The Bertz CT molecular complexity index is 355. The molecule has 0 bridgehead atoms. The van der Waals surface area contributed by atoms with Crippen molar-refractivity contribution in [2.24, 2.45) is 5.73 Å². The van der Waals surface area contributed by atoms with Gasteiger partial charge in [0.1, 0.15) is 5.75 Å². The second-order valence-corrected chi connectivity index (χ2v) is 5.43. The number of rotatable bonds is 13. The van der Waals surface area contributed by atoms with Gasteiger partial charge in [0, 0.05) is 26.2 Å². The van der Waals surface area contributed by atoms with E-state index in [9.17, 15) is 0 Å². The van der Waals surface area contributed by atoms with Gasteiger partial charge in [0.25, 0.3) is 0 Å². The number of ether oxygens (including phenoxy) is 2. The van der Waals surface area contributed by atoms with Crippen LogP contribution in [0.15, 0.2) is 24.3 Å². The predicted octanol–water partition coefficient (Wildman–Crippen LogP) is 4.29. The predicted molar refractivity (Wildman–Crippen MR) is 88.6 cm³/mol. The molecular formula is C18H31NO2. The molecule has 0 aromatic heterocycles. The molecule has 2 N–H and O–H groups in total. The highest BCUT2D eigenvalue weighted by Gasteiger charge is 1.96. The van der Waals surface area contributed by atoms with Crippen LogP contribution < -0.4 is 10.5 Å². The maximum absolute atomic E-state index is 5.68. The molecule has 0 aliphatic heterocycles. The van der Waals surface area contributed by atoms with E-state index in [2.05, 4.69) is 6.92 Å². The average molecular weight is 293 g/mol. The van der Waals surface area contributed by atoms with Crippen LogP contribution in [0.1, 0.15) is 57.4 Å². The van der Waals surface area contributed by atoms with Crippen LogP contribution in [0.5, 0.6) is 5.75 Å². The Morgan fingerprint density at radius 2 is 1.67 bits per heavy atom. The third kappa shape index (κ3) is 9.48. The minimum atomic E-state index is 0.554. The molecule has 0 unspecified atom stereocenters. The van der Waals surface area contributed by atoms with E-state index in [1.165, 1.54) is 38.5 Å². The average Bonchev–Trinajstić information content (AvgIpc) is 2.53. The lowest BCUT2D eigenvalue weighted by molar-refractivity contribution is 0.115. The zero-order chi connectivity index (χ0) is 15.2. The van der Waals surface area contributed by atoms with Crippen LogP contribution in [0, 0.1) is 0 Å². The van der Waals surface area contributed by atoms with Crippen LogP contribution in [0.2, 0.25) is 0 Å². The molecule has 0 amide bonds. The first kappa shape index (κ1) is 18.0. The van der Waals surface area contributed by atoms with Gasteiger partial charge in [0.15, 0.2) is 0 Å². The normalized spacial score (nSPS) is 10.8. The van der Waals surface area contributed by atoms with Crippen LogP contribution in [-0.2, 0) is 11.3 Å².